The number of nitrogens with one attached hydrogen (secondary N) is 1. The van der Waals surface area contributed by atoms with E-state index >= 15 is 0 Å². The Morgan fingerprint density at radius 1 is 1.12 bits per heavy atom. The Labute approximate surface area is 100 Å². The van der Waals surface area contributed by atoms with E-state index in [1.165, 1.54) is 0 Å². The number of aryl methyl sites for hydroxylation is 1. The van der Waals surface area contributed by atoms with Gasteiger partial charge in [0.1, 0.15) is 5.75 Å². The zero-order valence-electron chi connectivity index (χ0n) is 9.73. The van der Waals surface area contributed by atoms with Crippen LogP contribution in [0.2, 0.25) is 0 Å². The van der Waals surface area contributed by atoms with Gasteiger partial charge in [-0.1, -0.05) is 0 Å². The van der Waals surface area contributed by atoms with Crippen LogP contribution in [0.1, 0.15) is 5.69 Å². The Kier molecular flexibility index (Phi) is 3.14. The van der Waals surface area contributed by atoms with Gasteiger partial charge < -0.3 is 15.2 Å². The Morgan fingerprint density at radius 2 is 1.94 bits per heavy atom. The molecule has 1 radical (unpaired) electrons. The van der Waals surface area contributed by atoms with E-state index in [0.29, 0.717) is 22.9 Å². The molecule has 0 spiro atoms. The van der Waals surface area contributed by atoms with Gasteiger partial charge in [-0.05, 0) is 25.1 Å². The number of aromatic nitrogens is 1. The summed E-state index contributed by atoms with van der Waals surface area (Å²) in [6.07, 6.45) is 1.69. The maximum Gasteiger partial charge on any atom is 0.169 e. The minimum atomic E-state index is 0.389. The Morgan fingerprint density at radius 3 is 2.65 bits per heavy atom. The monoisotopic (exact) mass is 229 g/mol. The molecule has 0 aliphatic carbocycles. The van der Waals surface area contributed by atoms with E-state index in [4.69, 9.17) is 15.2 Å². The number of nitrogens with zero attached hydrogens (tertiary/aromatic N) is 1. The van der Waals surface area contributed by atoms with E-state index in [1.54, 1.807) is 37.6 Å². The van der Waals surface area contributed by atoms with E-state index in [2.05, 4.69) is 4.98 Å². The lowest BCUT2D eigenvalue weighted by molar-refractivity contribution is 0.379. The van der Waals surface area contributed by atoms with Crippen molar-refractivity contribution in [1.82, 2.24) is 10.7 Å². The number of pyridine rings is 1. The summed E-state index contributed by atoms with van der Waals surface area (Å²) in [5.41, 5.74) is 8.78. The molecule has 4 nitrogen and oxygen atoms in total. The lowest BCUT2D eigenvalue weighted by Gasteiger charge is -2.10. The Hall–Kier alpha value is -2.23. The molecule has 0 bridgehead atoms. The highest BCUT2D eigenvalue weighted by Gasteiger charge is 2.06. The molecule has 0 amide bonds. The van der Waals surface area contributed by atoms with Crippen LogP contribution in [0.5, 0.6) is 17.2 Å². The van der Waals surface area contributed by atoms with E-state index in [9.17, 15) is 0 Å². The molecule has 17 heavy (non-hydrogen) atoms. The van der Waals surface area contributed by atoms with Crippen molar-refractivity contribution >= 4 is 5.69 Å². The van der Waals surface area contributed by atoms with Gasteiger partial charge in [-0.15, -0.1) is 0 Å². The summed E-state index contributed by atoms with van der Waals surface area (Å²) in [5, 5.41) is 0. The number of rotatable bonds is 3. The molecular formula is C13H13N2O2. The van der Waals surface area contributed by atoms with Gasteiger partial charge in [-0.2, -0.15) is 0 Å². The first-order valence-electron chi connectivity index (χ1n) is 5.19. The zero-order valence-corrected chi connectivity index (χ0v) is 9.73. The van der Waals surface area contributed by atoms with Crippen molar-refractivity contribution in [2.75, 3.05) is 7.11 Å². The zero-order chi connectivity index (χ0) is 12.3. The smallest absolute Gasteiger partial charge is 0.169 e. The van der Waals surface area contributed by atoms with Gasteiger partial charge in [0.05, 0.1) is 12.8 Å². The van der Waals surface area contributed by atoms with Crippen LogP contribution in [0.25, 0.3) is 0 Å². The molecule has 1 heterocycles. The highest BCUT2D eigenvalue weighted by molar-refractivity contribution is 5.51. The van der Waals surface area contributed by atoms with Crippen molar-refractivity contribution in [3.63, 3.8) is 0 Å². The highest BCUT2D eigenvalue weighted by atomic mass is 16.5. The van der Waals surface area contributed by atoms with Gasteiger partial charge in [-0.25, -0.2) is 0 Å². The van der Waals surface area contributed by atoms with Gasteiger partial charge in [0.25, 0.3) is 0 Å². The van der Waals surface area contributed by atoms with Crippen LogP contribution in [0, 0.1) is 6.92 Å². The maximum absolute atomic E-state index is 7.50. The van der Waals surface area contributed by atoms with Gasteiger partial charge in [0, 0.05) is 24.0 Å². The molecule has 0 unspecified atom stereocenters. The number of methoxy groups -OCH3 is 1. The molecule has 2 aromatic rings. The predicted octanol–water partition coefficient (Wildman–Crippen LogP) is 3.11. The molecule has 0 saturated carbocycles. The predicted molar refractivity (Wildman–Crippen MR) is 64.8 cm³/mol. The largest absolute Gasteiger partial charge is 0.493 e. The van der Waals surface area contributed by atoms with Crippen molar-refractivity contribution in [2.45, 2.75) is 6.92 Å². The third-order valence-electron chi connectivity index (χ3n) is 2.26. The lowest BCUT2D eigenvalue weighted by atomic mass is 10.3. The van der Waals surface area contributed by atoms with Crippen LogP contribution in [0.3, 0.4) is 0 Å². The molecule has 0 aliphatic rings. The normalized spacial score (nSPS) is 10.0. The number of ether oxygens (including phenoxy) is 2. The van der Waals surface area contributed by atoms with Gasteiger partial charge in [0.15, 0.2) is 11.5 Å². The molecule has 0 fully saturated rings. The third kappa shape index (κ3) is 2.66. The molecule has 4 heteroatoms. The highest BCUT2D eigenvalue weighted by Crippen LogP contribution is 2.33. The van der Waals surface area contributed by atoms with E-state index in [0.717, 1.165) is 5.69 Å². The minimum Gasteiger partial charge on any atom is -0.493 e. The van der Waals surface area contributed by atoms with Crippen molar-refractivity contribution in [1.29, 1.82) is 0 Å². The van der Waals surface area contributed by atoms with Crippen molar-refractivity contribution < 1.29 is 9.47 Å². The maximum atomic E-state index is 7.50. The fourth-order valence-electron chi connectivity index (χ4n) is 1.46. The van der Waals surface area contributed by atoms with Crippen LogP contribution in [0.15, 0.2) is 36.5 Å². The summed E-state index contributed by atoms with van der Waals surface area (Å²) in [5.74, 6) is 1.84. The molecule has 0 saturated heterocycles. The van der Waals surface area contributed by atoms with Crippen LogP contribution >= 0.6 is 0 Å². The van der Waals surface area contributed by atoms with E-state index in [1.807, 2.05) is 13.0 Å². The van der Waals surface area contributed by atoms with Crippen LogP contribution in [-0.4, -0.2) is 12.1 Å². The second-order valence-corrected chi connectivity index (χ2v) is 3.60. The standard InChI is InChI=1S/C13H13N2O2/c1-9-7-11(5-6-15-9)17-12-4-3-10(14)8-13(12)16-2/h3-8,14H,1-2H3. The number of benzene rings is 1. The fourth-order valence-corrected chi connectivity index (χ4v) is 1.46. The topological polar surface area (TPSA) is 55.2 Å². The average Bonchev–Trinajstić information content (AvgIpc) is 2.31. The average molecular weight is 229 g/mol. The Balaban J connectivity index is 2.29. The van der Waals surface area contributed by atoms with Crippen LogP contribution in [0.4, 0.5) is 5.69 Å². The lowest BCUT2D eigenvalue weighted by Crippen LogP contribution is -1.91. The molecule has 2 rings (SSSR count). The van der Waals surface area contributed by atoms with Crippen molar-refractivity contribution in [3.8, 4) is 17.2 Å². The first-order valence-corrected chi connectivity index (χ1v) is 5.19. The van der Waals surface area contributed by atoms with Crippen LogP contribution in [-0.2, 0) is 0 Å². The molecule has 0 atom stereocenters. The minimum absolute atomic E-state index is 0.389. The molecule has 1 aromatic heterocycles. The second-order valence-electron chi connectivity index (χ2n) is 3.60. The first kappa shape index (κ1) is 11.3. The summed E-state index contributed by atoms with van der Waals surface area (Å²) in [6.45, 7) is 1.90. The molecular weight excluding hydrogens is 216 g/mol. The number of hydrogen-bond donors (Lipinski definition) is 0. The van der Waals surface area contributed by atoms with Gasteiger partial charge in [0.2, 0.25) is 0 Å². The summed E-state index contributed by atoms with van der Waals surface area (Å²) in [7, 11) is 1.55. The second kappa shape index (κ2) is 4.74. The third-order valence-corrected chi connectivity index (χ3v) is 2.26. The fraction of sp³-hybridized carbons (Fsp3) is 0.154. The molecule has 0 aliphatic heterocycles. The summed E-state index contributed by atoms with van der Waals surface area (Å²) < 4.78 is 10.9. The summed E-state index contributed by atoms with van der Waals surface area (Å²) in [6, 6.07) is 8.61. The van der Waals surface area contributed by atoms with Crippen molar-refractivity contribution in [2.24, 2.45) is 0 Å². The summed E-state index contributed by atoms with van der Waals surface area (Å²) >= 11 is 0. The van der Waals surface area contributed by atoms with Crippen LogP contribution < -0.4 is 15.2 Å². The molecule has 1 N–H and O–H groups in total. The SMILES string of the molecule is COc1cc([NH])ccc1Oc1ccnc(C)c1. The molecule has 1 aromatic carbocycles. The molecule has 87 valence electrons. The Bertz CT molecular complexity index is 527. The quantitative estimate of drug-likeness (QED) is 0.812. The van der Waals surface area contributed by atoms with Gasteiger partial charge >= 0.3 is 0 Å². The van der Waals surface area contributed by atoms with E-state index < -0.39 is 0 Å². The summed E-state index contributed by atoms with van der Waals surface area (Å²) in [4.78, 5) is 4.10. The first-order chi connectivity index (χ1) is 8.19. The van der Waals surface area contributed by atoms with Crippen molar-refractivity contribution in [3.05, 3.63) is 42.2 Å². The number of hydrogen-bond acceptors (Lipinski definition) is 3. The van der Waals surface area contributed by atoms with E-state index in [-0.39, 0.29) is 0 Å². The van der Waals surface area contributed by atoms with Gasteiger partial charge in [-0.3, -0.25) is 4.98 Å².